The molecule has 0 aliphatic rings. The summed E-state index contributed by atoms with van der Waals surface area (Å²) in [5, 5.41) is 4.96. The molecule has 0 saturated heterocycles. The van der Waals surface area contributed by atoms with Crippen LogP contribution in [0.5, 0.6) is 0 Å². The second-order valence-electron chi connectivity index (χ2n) is 4.52. The molecular formula is C13H19Cl2N. The lowest BCUT2D eigenvalue weighted by atomic mass is 10.1. The molecule has 3 heteroatoms. The zero-order chi connectivity index (χ0) is 12.1. The van der Waals surface area contributed by atoms with Crippen LogP contribution < -0.4 is 5.32 Å². The van der Waals surface area contributed by atoms with Crippen molar-refractivity contribution in [3.8, 4) is 0 Å². The van der Waals surface area contributed by atoms with Gasteiger partial charge in [0.25, 0.3) is 0 Å². The number of nitrogens with one attached hydrogen (secondary N) is 1. The average molecular weight is 260 g/mol. The Labute approximate surface area is 108 Å². The van der Waals surface area contributed by atoms with Gasteiger partial charge in [-0.25, -0.2) is 0 Å². The summed E-state index contributed by atoms with van der Waals surface area (Å²) in [6, 6.07) is 5.83. The van der Waals surface area contributed by atoms with E-state index in [1.54, 1.807) is 0 Å². The van der Waals surface area contributed by atoms with E-state index in [0.29, 0.717) is 0 Å². The third kappa shape index (κ3) is 4.32. The van der Waals surface area contributed by atoms with E-state index in [4.69, 9.17) is 23.2 Å². The average Bonchev–Trinajstić information content (AvgIpc) is 2.21. The first-order valence-corrected chi connectivity index (χ1v) is 6.44. The molecule has 0 radical (unpaired) electrons. The van der Waals surface area contributed by atoms with Crippen molar-refractivity contribution >= 4 is 23.2 Å². The second kappa shape index (κ2) is 6.48. The molecule has 0 saturated carbocycles. The third-order valence-electron chi connectivity index (χ3n) is 2.60. The molecule has 0 bridgehead atoms. The number of hydrogen-bond acceptors (Lipinski definition) is 1. The minimum absolute atomic E-state index is 0.241. The highest BCUT2D eigenvalue weighted by atomic mass is 35.5. The summed E-state index contributed by atoms with van der Waals surface area (Å²) in [4.78, 5) is 0. The number of rotatable bonds is 5. The van der Waals surface area contributed by atoms with Gasteiger partial charge in [-0.2, -0.15) is 0 Å². The molecule has 0 amide bonds. The minimum atomic E-state index is 0.241. The van der Waals surface area contributed by atoms with Crippen LogP contribution in [0.4, 0.5) is 0 Å². The molecule has 1 aromatic rings. The number of hydrogen-bond donors (Lipinski definition) is 1. The Balaban J connectivity index is 2.58. The van der Waals surface area contributed by atoms with Crippen LogP contribution >= 0.6 is 23.2 Å². The van der Waals surface area contributed by atoms with Crippen LogP contribution in [0.1, 0.15) is 38.8 Å². The highest BCUT2D eigenvalue weighted by Crippen LogP contribution is 2.26. The summed E-state index contributed by atoms with van der Waals surface area (Å²) in [6.45, 7) is 7.55. The van der Waals surface area contributed by atoms with E-state index in [9.17, 15) is 0 Å². The predicted octanol–water partition coefficient (Wildman–Crippen LogP) is 4.69. The summed E-state index contributed by atoms with van der Waals surface area (Å²) in [6.07, 6.45) is 1.17. The Bertz CT molecular complexity index is 337. The molecule has 1 unspecified atom stereocenters. The maximum atomic E-state index is 6.13. The van der Waals surface area contributed by atoms with Crippen LogP contribution in [0, 0.1) is 5.92 Å². The Hall–Kier alpha value is -0.240. The van der Waals surface area contributed by atoms with Crippen LogP contribution in [0.2, 0.25) is 10.0 Å². The van der Waals surface area contributed by atoms with Gasteiger partial charge in [-0.15, -0.1) is 0 Å². The molecule has 0 fully saturated rings. The van der Waals surface area contributed by atoms with Crippen LogP contribution in [0.15, 0.2) is 18.2 Å². The van der Waals surface area contributed by atoms with Gasteiger partial charge >= 0.3 is 0 Å². The summed E-state index contributed by atoms with van der Waals surface area (Å²) >= 11 is 12.1. The van der Waals surface area contributed by atoms with Crippen molar-refractivity contribution in [2.75, 3.05) is 6.54 Å². The second-order valence-corrected chi connectivity index (χ2v) is 5.37. The molecule has 1 nitrogen and oxygen atoms in total. The van der Waals surface area contributed by atoms with Gasteiger partial charge in [0.2, 0.25) is 0 Å². The van der Waals surface area contributed by atoms with Crippen LogP contribution in [-0.4, -0.2) is 6.54 Å². The van der Waals surface area contributed by atoms with Crippen molar-refractivity contribution in [2.24, 2.45) is 5.92 Å². The van der Waals surface area contributed by atoms with Crippen LogP contribution in [0.25, 0.3) is 0 Å². The maximum absolute atomic E-state index is 6.13. The lowest BCUT2D eigenvalue weighted by Crippen LogP contribution is -2.21. The Morgan fingerprint density at radius 2 is 1.88 bits per heavy atom. The Morgan fingerprint density at radius 1 is 1.19 bits per heavy atom. The number of benzene rings is 1. The Kier molecular flexibility index (Phi) is 5.60. The van der Waals surface area contributed by atoms with Gasteiger partial charge in [-0.05, 0) is 49.6 Å². The molecule has 0 heterocycles. The fraction of sp³-hybridized carbons (Fsp3) is 0.538. The summed E-state index contributed by atoms with van der Waals surface area (Å²) in [7, 11) is 0. The highest BCUT2D eigenvalue weighted by molar-refractivity contribution is 6.33. The van der Waals surface area contributed by atoms with Gasteiger partial charge in [0, 0.05) is 16.1 Å². The van der Waals surface area contributed by atoms with E-state index in [1.165, 1.54) is 6.42 Å². The normalized spacial score (nSPS) is 13.1. The van der Waals surface area contributed by atoms with Gasteiger partial charge in [0.1, 0.15) is 0 Å². The minimum Gasteiger partial charge on any atom is -0.310 e. The van der Waals surface area contributed by atoms with E-state index in [0.717, 1.165) is 28.1 Å². The summed E-state index contributed by atoms with van der Waals surface area (Å²) in [5.74, 6) is 0.717. The molecule has 0 aliphatic heterocycles. The van der Waals surface area contributed by atoms with Crippen molar-refractivity contribution in [3.05, 3.63) is 33.8 Å². The van der Waals surface area contributed by atoms with E-state index in [-0.39, 0.29) is 6.04 Å². The molecule has 1 atom stereocenters. The van der Waals surface area contributed by atoms with Crippen molar-refractivity contribution in [1.82, 2.24) is 5.32 Å². The molecule has 0 aromatic heterocycles. The largest absolute Gasteiger partial charge is 0.310 e. The molecule has 1 aromatic carbocycles. The smallest absolute Gasteiger partial charge is 0.0454 e. The molecule has 0 aliphatic carbocycles. The molecule has 1 N–H and O–H groups in total. The van der Waals surface area contributed by atoms with E-state index < -0.39 is 0 Å². The fourth-order valence-electron chi connectivity index (χ4n) is 1.54. The van der Waals surface area contributed by atoms with Crippen molar-refractivity contribution in [1.29, 1.82) is 0 Å². The zero-order valence-corrected chi connectivity index (χ0v) is 11.6. The first-order valence-electron chi connectivity index (χ1n) is 5.69. The van der Waals surface area contributed by atoms with Crippen LogP contribution in [0.3, 0.4) is 0 Å². The summed E-state index contributed by atoms with van der Waals surface area (Å²) < 4.78 is 0. The van der Waals surface area contributed by atoms with E-state index in [1.807, 2.05) is 18.2 Å². The first-order chi connectivity index (χ1) is 7.50. The quantitative estimate of drug-likeness (QED) is 0.809. The van der Waals surface area contributed by atoms with Crippen LogP contribution in [-0.2, 0) is 0 Å². The third-order valence-corrected chi connectivity index (χ3v) is 3.18. The van der Waals surface area contributed by atoms with E-state index >= 15 is 0 Å². The first kappa shape index (κ1) is 13.8. The lowest BCUT2D eigenvalue weighted by Gasteiger charge is -2.16. The van der Waals surface area contributed by atoms with E-state index in [2.05, 4.69) is 26.1 Å². The monoisotopic (exact) mass is 259 g/mol. The van der Waals surface area contributed by atoms with Gasteiger partial charge in [-0.1, -0.05) is 37.0 Å². The summed E-state index contributed by atoms with van der Waals surface area (Å²) in [5.41, 5.74) is 1.07. The topological polar surface area (TPSA) is 12.0 Å². The molecule has 16 heavy (non-hydrogen) atoms. The zero-order valence-electron chi connectivity index (χ0n) is 10.1. The maximum Gasteiger partial charge on any atom is 0.0454 e. The molecule has 90 valence electrons. The number of halogens is 2. The van der Waals surface area contributed by atoms with Crippen molar-refractivity contribution in [3.63, 3.8) is 0 Å². The highest BCUT2D eigenvalue weighted by Gasteiger charge is 2.09. The van der Waals surface area contributed by atoms with Gasteiger partial charge in [0.05, 0.1) is 0 Å². The van der Waals surface area contributed by atoms with Gasteiger partial charge in [-0.3, -0.25) is 0 Å². The van der Waals surface area contributed by atoms with Crippen molar-refractivity contribution in [2.45, 2.75) is 33.2 Å². The fourth-order valence-corrected chi connectivity index (χ4v) is 2.01. The SMILES string of the molecule is CC(C)CCNC(C)c1cc(Cl)ccc1Cl. The molecule has 1 rings (SSSR count). The predicted molar refractivity (Wildman–Crippen MR) is 72.3 cm³/mol. The standard InChI is InChI=1S/C13H19Cl2N/c1-9(2)6-7-16-10(3)12-8-11(14)4-5-13(12)15/h4-5,8-10,16H,6-7H2,1-3H3. The van der Waals surface area contributed by atoms with Gasteiger partial charge in [0.15, 0.2) is 0 Å². The van der Waals surface area contributed by atoms with Gasteiger partial charge < -0.3 is 5.32 Å². The lowest BCUT2D eigenvalue weighted by molar-refractivity contribution is 0.497. The molecule has 0 spiro atoms. The Morgan fingerprint density at radius 3 is 2.50 bits per heavy atom. The molecular weight excluding hydrogens is 241 g/mol. The van der Waals surface area contributed by atoms with Crippen molar-refractivity contribution < 1.29 is 0 Å².